The average Bonchev–Trinajstić information content (AvgIpc) is 3.42. The van der Waals surface area contributed by atoms with E-state index in [0.717, 1.165) is 78.6 Å². The second kappa shape index (κ2) is 10.4. The number of carbonyl (C=O) groups is 1. The molecular formula is C30H33ClN2O3. The van der Waals surface area contributed by atoms with E-state index in [2.05, 4.69) is 47.9 Å². The molecule has 1 unspecified atom stereocenters. The van der Waals surface area contributed by atoms with E-state index in [1.165, 1.54) is 0 Å². The van der Waals surface area contributed by atoms with E-state index in [4.69, 9.17) is 21.1 Å². The molecule has 0 amide bonds. The molecule has 0 aromatic heterocycles. The van der Waals surface area contributed by atoms with E-state index in [1.807, 2.05) is 37.3 Å². The summed E-state index contributed by atoms with van der Waals surface area (Å²) < 4.78 is 11.9. The first-order valence-corrected chi connectivity index (χ1v) is 13.3. The molecule has 1 fully saturated rings. The van der Waals surface area contributed by atoms with Gasteiger partial charge in [-0.2, -0.15) is 0 Å². The Kier molecular flexibility index (Phi) is 7.10. The molecule has 1 atom stereocenters. The van der Waals surface area contributed by atoms with Crippen LogP contribution in [0.5, 0.6) is 11.5 Å². The van der Waals surface area contributed by atoms with Gasteiger partial charge in [0.2, 0.25) is 0 Å². The zero-order valence-corrected chi connectivity index (χ0v) is 22.0. The molecule has 1 saturated heterocycles. The van der Waals surface area contributed by atoms with Crippen LogP contribution < -0.4 is 14.5 Å². The quantitative estimate of drug-likeness (QED) is 0.248. The lowest BCUT2D eigenvalue weighted by Gasteiger charge is -2.32. The van der Waals surface area contributed by atoms with Gasteiger partial charge in [0.25, 0.3) is 0 Å². The molecule has 36 heavy (non-hydrogen) atoms. The predicted octanol–water partition coefficient (Wildman–Crippen LogP) is 7.25. The van der Waals surface area contributed by atoms with Crippen molar-refractivity contribution in [3.8, 4) is 11.5 Å². The predicted molar refractivity (Wildman–Crippen MR) is 146 cm³/mol. The summed E-state index contributed by atoms with van der Waals surface area (Å²) in [5.74, 6) is 1.03. The Bertz CT molecular complexity index is 1270. The highest BCUT2D eigenvalue weighted by Crippen LogP contribution is 2.51. The number of halogens is 1. The minimum atomic E-state index is -0.309. The lowest BCUT2D eigenvalue weighted by Crippen LogP contribution is -2.23. The minimum absolute atomic E-state index is 0.186. The molecule has 2 heterocycles. The maximum atomic E-state index is 13.0. The number of rotatable bonds is 7. The number of anilines is 2. The molecule has 3 aromatic rings. The van der Waals surface area contributed by atoms with Crippen molar-refractivity contribution in [1.82, 2.24) is 0 Å². The number of esters is 1. The summed E-state index contributed by atoms with van der Waals surface area (Å²) in [6.07, 6.45) is 2.33. The Morgan fingerprint density at radius 3 is 2.42 bits per heavy atom. The molecular weight excluding hydrogens is 472 g/mol. The normalized spacial score (nSPS) is 16.2. The number of ether oxygens (including phenoxy) is 2. The van der Waals surface area contributed by atoms with Gasteiger partial charge in [0, 0.05) is 61.0 Å². The first-order chi connectivity index (χ1) is 17.5. The second-order valence-electron chi connectivity index (χ2n) is 9.27. The molecule has 0 radical (unpaired) electrons. The topological polar surface area (TPSA) is 42.0 Å². The fourth-order valence-corrected chi connectivity index (χ4v) is 5.75. The number of fused-ring (bicyclic) bond motifs is 2. The Labute approximate surface area is 218 Å². The van der Waals surface area contributed by atoms with Crippen molar-refractivity contribution in [3.05, 3.63) is 81.9 Å². The van der Waals surface area contributed by atoms with Gasteiger partial charge in [-0.3, -0.25) is 0 Å². The Morgan fingerprint density at radius 2 is 1.69 bits per heavy atom. The van der Waals surface area contributed by atoms with E-state index >= 15 is 0 Å². The first-order valence-electron chi connectivity index (χ1n) is 13.0. The van der Waals surface area contributed by atoms with Gasteiger partial charge >= 0.3 is 5.97 Å². The average molecular weight is 505 g/mol. The molecule has 6 heteroatoms. The maximum Gasteiger partial charge on any atom is 0.338 e. The zero-order valence-electron chi connectivity index (χ0n) is 21.2. The molecule has 0 saturated carbocycles. The molecule has 2 aliphatic heterocycles. The van der Waals surface area contributed by atoms with Crippen LogP contribution in [0.4, 0.5) is 11.4 Å². The van der Waals surface area contributed by atoms with Gasteiger partial charge in [-0.1, -0.05) is 35.9 Å². The number of carbonyl (C=O) groups excluding carboxylic acids is 1. The molecule has 5 nitrogen and oxygen atoms in total. The van der Waals surface area contributed by atoms with Crippen LogP contribution in [0.3, 0.4) is 0 Å². The third-order valence-electron chi connectivity index (χ3n) is 7.26. The van der Waals surface area contributed by atoms with Crippen LogP contribution in [-0.2, 0) is 4.74 Å². The second-order valence-corrected chi connectivity index (χ2v) is 9.68. The smallest absolute Gasteiger partial charge is 0.338 e. The van der Waals surface area contributed by atoms with Crippen LogP contribution >= 0.6 is 11.6 Å². The van der Waals surface area contributed by atoms with E-state index in [0.29, 0.717) is 17.2 Å². The number of hydrogen-bond acceptors (Lipinski definition) is 5. The SMILES string of the molecule is CCOC(=O)c1ccccc1C1c2ccc(N(CC)CC)cc2Oc2cc(Cl)c(N3CCCC3)cc21. The van der Waals surface area contributed by atoms with Crippen molar-refractivity contribution >= 4 is 28.9 Å². The summed E-state index contributed by atoms with van der Waals surface area (Å²) >= 11 is 6.81. The summed E-state index contributed by atoms with van der Waals surface area (Å²) in [4.78, 5) is 17.6. The molecule has 0 spiro atoms. The molecule has 0 bridgehead atoms. The van der Waals surface area contributed by atoms with Crippen LogP contribution in [-0.4, -0.2) is 38.8 Å². The van der Waals surface area contributed by atoms with E-state index in [9.17, 15) is 4.79 Å². The molecule has 0 N–H and O–H groups in total. The number of nitrogens with zero attached hydrogens (tertiary/aromatic N) is 2. The third-order valence-corrected chi connectivity index (χ3v) is 7.56. The van der Waals surface area contributed by atoms with Gasteiger partial charge in [0.05, 0.1) is 22.9 Å². The summed E-state index contributed by atoms with van der Waals surface area (Å²) in [6, 6.07) is 18.2. The van der Waals surface area contributed by atoms with E-state index in [1.54, 1.807) is 0 Å². The monoisotopic (exact) mass is 504 g/mol. The molecule has 2 aliphatic rings. The summed E-state index contributed by atoms with van der Waals surface area (Å²) in [7, 11) is 0. The lowest BCUT2D eigenvalue weighted by atomic mass is 9.80. The largest absolute Gasteiger partial charge is 0.462 e. The molecule has 0 aliphatic carbocycles. The van der Waals surface area contributed by atoms with Crippen LogP contribution in [0.1, 0.15) is 66.6 Å². The maximum absolute atomic E-state index is 13.0. The molecule has 188 valence electrons. The van der Waals surface area contributed by atoms with Crippen LogP contribution in [0.15, 0.2) is 54.6 Å². The van der Waals surface area contributed by atoms with Crippen molar-refractivity contribution in [2.45, 2.75) is 39.5 Å². The van der Waals surface area contributed by atoms with Crippen molar-refractivity contribution in [3.63, 3.8) is 0 Å². The van der Waals surface area contributed by atoms with Crippen LogP contribution in [0.25, 0.3) is 0 Å². The Hall–Kier alpha value is -3.18. The number of hydrogen-bond donors (Lipinski definition) is 0. The zero-order chi connectivity index (χ0) is 25.2. The van der Waals surface area contributed by atoms with Crippen molar-refractivity contribution in [2.75, 3.05) is 42.6 Å². The van der Waals surface area contributed by atoms with Crippen LogP contribution in [0.2, 0.25) is 5.02 Å². The Morgan fingerprint density at radius 1 is 0.972 bits per heavy atom. The fourth-order valence-electron chi connectivity index (χ4n) is 5.47. The summed E-state index contributed by atoms with van der Waals surface area (Å²) in [5, 5.41) is 0.691. The summed E-state index contributed by atoms with van der Waals surface area (Å²) in [6.45, 7) is 10.3. The van der Waals surface area contributed by atoms with Gasteiger partial charge in [0.15, 0.2) is 0 Å². The van der Waals surface area contributed by atoms with E-state index < -0.39 is 0 Å². The van der Waals surface area contributed by atoms with Crippen LogP contribution in [0, 0.1) is 0 Å². The highest BCUT2D eigenvalue weighted by atomic mass is 35.5. The van der Waals surface area contributed by atoms with Gasteiger partial charge in [-0.15, -0.1) is 0 Å². The van der Waals surface area contributed by atoms with Crippen molar-refractivity contribution in [2.24, 2.45) is 0 Å². The third kappa shape index (κ3) is 4.41. The first kappa shape index (κ1) is 24.5. The number of benzene rings is 3. The summed E-state index contributed by atoms with van der Waals surface area (Å²) in [5.41, 5.74) is 5.67. The lowest BCUT2D eigenvalue weighted by molar-refractivity contribution is 0.0525. The van der Waals surface area contributed by atoms with Crippen molar-refractivity contribution in [1.29, 1.82) is 0 Å². The van der Waals surface area contributed by atoms with Gasteiger partial charge in [-0.25, -0.2) is 4.79 Å². The fraction of sp³-hybridized carbons (Fsp3) is 0.367. The molecule has 5 rings (SSSR count). The Balaban J connectivity index is 1.71. The standard InChI is InChI=1S/C30H33ClN2O3/c1-4-32(5-2)20-13-14-23-27(17-20)36-28-19-25(31)26(33-15-9-10-16-33)18-24(28)29(23)21-11-7-8-12-22(21)30(34)35-6-3/h7-8,11-14,17-19,29H,4-6,9-10,15-16H2,1-3H3. The van der Waals surface area contributed by atoms with Gasteiger partial charge in [-0.05, 0) is 57.4 Å². The highest BCUT2D eigenvalue weighted by Gasteiger charge is 2.33. The van der Waals surface area contributed by atoms with E-state index in [-0.39, 0.29) is 11.9 Å². The van der Waals surface area contributed by atoms with Gasteiger partial charge < -0.3 is 19.3 Å². The molecule has 3 aromatic carbocycles. The highest BCUT2D eigenvalue weighted by molar-refractivity contribution is 6.33. The van der Waals surface area contributed by atoms with Gasteiger partial charge in [0.1, 0.15) is 11.5 Å². The van der Waals surface area contributed by atoms with Crippen molar-refractivity contribution < 1.29 is 14.3 Å². The minimum Gasteiger partial charge on any atom is -0.462 e.